The second kappa shape index (κ2) is 10.5. The molecule has 0 spiro atoms. The van der Waals surface area contributed by atoms with Crippen molar-refractivity contribution in [2.24, 2.45) is 0 Å². The van der Waals surface area contributed by atoms with Crippen molar-refractivity contribution in [2.75, 3.05) is 18.0 Å². The standard InChI is InChI=1S/C24H24Cl2N2O4S/c1-16-9-12-22(32-3)23(13-16)33(30,31)28(19-10-11-20(25)21(26)14-19)15-24(29)27-17(2)18-7-5-4-6-8-18/h4-14,17H,15H2,1-3H3,(H,27,29)/t17-/m0/s1. The van der Waals surface area contributed by atoms with Crippen LogP contribution in [0.5, 0.6) is 5.75 Å². The lowest BCUT2D eigenvalue weighted by atomic mass is 10.1. The van der Waals surface area contributed by atoms with Crippen LogP contribution in [0, 0.1) is 6.92 Å². The van der Waals surface area contributed by atoms with Crippen molar-refractivity contribution in [3.8, 4) is 5.75 Å². The highest BCUT2D eigenvalue weighted by atomic mass is 35.5. The van der Waals surface area contributed by atoms with Crippen LogP contribution < -0.4 is 14.4 Å². The van der Waals surface area contributed by atoms with Gasteiger partial charge in [0.2, 0.25) is 5.91 Å². The summed E-state index contributed by atoms with van der Waals surface area (Å²) in [5.74, 6) is -0.309. The molecule has 9 heteroatoms. The third-order valence-electron chi connectivity index (χ3n) is 5.04. The van der Waals surface area contributed by atoms with Gasteiger partial charge >= 0.3 is 0 Å². The molecule has 0 radical (unpaired) electrons. The fourth-order valence-corrected chi connectivity index (χ4v) is 5.25. The van der Waals surface area contributed by atoms with Crippen molar-refractivity contribution in [3.05, 3.63) is 87.9 Å². The number of hydrogen-bond donors (Lipinski definition) is 1. The van der Waals surface area contributed by atoms with Gasteiger partial charge in [-0.1, -0.05) is 59.6 Å². The van der Waals surface area contributed by atoms with Crippen molar-refractivity contribution in [3.63, 3.8) is 0 Å². The molecule has 0 unspecified atom stereocenters. The summed E-state index contributed by atoms with van der Waals surface area (Å²) in [7, 11) is -2.81. The number of anilines is 1. The van der Waals surface area contributed by atoms with Crippen molar-refractivity contribution in [1.82, 2.24) is 5.32 Å². The SMILES string of the molecule is COc1ccc(C)cc1S(=O)(=O)N(CC(=O)N[C@@H](C)c1ccccc1)c1ccc(Cl)c(Cl)c1. The molecular weight excluding hydrogens is 483 g/mol. The third-order valence-corrected chi connectivity index (χ3v) is 7.58. The lowest BCUT2D eigenvalue weighted by Gasteiger charge is -2.26. The van der Waals surface area contributed by atoms with E-state index in [0.717, 1.165) is 15.4 Å². The average Bonchev–Trinajstić information content (AvgIpc) is 2.79. The summed E-state index contributed by atoms with van der Waals surface area (Å²) in [5.41, 5.74) is 1.83. The number of benzene rings is 3. The van der Waals surface area contributed by atoms with Crippen molar-refractivity contribution in [2.45, 2.75) is 24.8 Å². The Labute approximate surface area is 204 Å². The summed E-state index contributed by atoms with van der Waals surface area (Å²) in [6.45, 7) is 3.14. The normalized spacial score (nSPS) is 12.2. The largest absolute Gasteiger partial charge is 0.495 e. The number of methoxy groups -OCH3 is 1. The number of carbonyl (C=O) groups is 1. The van der Waals surface area contributed by atoms with Gasteiger partial charge in [-0.3, -0.25) is 9.10 Å². The van der Waals surface area contributed by atoms with Crippen LogP contribution in [0.1, 0.15) is 24.1 Å². The first-order chi connectivity index (χ1) is 15.6. The summed E-state index contributed by atoms with van der Waals surface area (Å²) in [4.78, 5) is 12.9. The van der Waals surface area contributed by atoms with Crippen LogP contribution in [0.3, 0.4) is 0 Å². The minimum atomic E-state index is -4.20. The second-order valence-electron chi connectivity index (χ2n) is 7.46. The molecule has 0 bridgehead atoms. The van der Waals surface area contributed by atoms with E-state index < -0.39 is 22.5 Å². The average molecular weight is 507 g/mol. The van der Waals surface area contributed by atoms with Crippen LogP contribution in [0.25, 0.3) is 0 Å². The van der Waals surface area contributed by atoms with E-state index in [4.69, 9.17) is 27.9 Å². The van der Waals surface area contributed by atoms with E-state index in [1.807, 2.05) is 37.3 Å². The monoisotopic (exact) mass is 506 g/mol. The van der Waals surface area contributed by atoms with E-state index in [0.29, 0.717) is 0 Å². The van der Waals surface area contributed by atoms with Gasteiger partial charge in [-0.2, -0.15) is 0 Å². The summed E-state index contributed by atoms with van der Waals surface area (Å²) in [6.07, 6.45) is 0. The Morgan fingerprint density at radius 1 is 1.03 bits per heavy atom. The van der Waals surface area contributed by atoms with Gasteiger partial charge in [0.05, 0.1) is 28.9 Å². The van der Waals surface area contributed by atoms with Crippen LogP contribution in [0.15, 0.2) is 71.6 Å². The molecule has 6 nitrogen and oxygen atoms in total. The van der Waals surface area contributed by atoms with E-state index >= 15 is 0 Å². The molecule has 1 atom stereocenters. The Bertz CT molecular complexity index is 1250. The summed E-state index contributed by atoms with van der Waals surface area (Å²) >= 11 is 12.2. The number of hydrogen-bond acceptors (Lipinski definition) is 4. The van der Waals surface area contributed by atoms with Gasteiger partial charge in [0.15, 0.2) is 0 Å². The quantitative estimate of drug-likeness (QED) is 0.444. The number of amides is 1. The topological polar surface area (TPSA) is 75.7 Å². The number of rotatable bonds is 8. The van der Waals surface area contributed by atoms with Gasteiger partial charge in [-0.25, -0.2) is 8.42 Å². The maximum absolute atomic E-state index is 13.7. The Morgan fingerprint density at radius 2 is 1.73 bits per heavy atom. The number of ether oxygens (including phenoxy) is 1. The zero-order valence-corrected chi connectivity index (χ0v) is 20.7. The smallest absolute Gasteiger partial charge is 0.268 e. The fraction of sp³-hybridized carbons (Fsp3) is 0.208. The first kappa shape index (κ1) is 24.9. The molecule has 0 heterocycles. The van der Waals surface area contributed by atoms with E-state index in [-0.39, 0.29) is 32.4 Å². The third kappa shape index (κ3) is 5.79. The molecule has 0 aliphatic rings. The molecular formula is C24H24Cl2N2O4S. The zero-order valence-electron chi connectivity index (χ0n) is 18.4. The molecule has 1 amide bonds. The number of nitrogens with zero attached hydrogens (tertiary/aromatic N) is 1. The Hall–Kier alpha value is -2.74. The van der Waals surface area contributed by atoms with Gasteiger partial charge in [0.25, 0.3) is 10.0 Å². The Morgan fingerprint density at radius 3 is 2.36 bits per heavy atom. The van der Waals surface area contributed by atoms with Gasteiger partial charge < -0.3 is 10.1 Å². The van der Waals surface area contributed by atoms with Gasteiger partial charge in [0, 0.05) is 0 Å². The van der Waals surface area contributed by atoms with Gasteiger partial charge in [-0.05, 0) is 55.3 Å². The lowest BCUT2D eigenvalue weighted by molar-refractivity contribution is -0.120. The number of sulfonamides is 1. The van der Waals surface area contributed by atoms with Crippen molar-refractivity contribution >= 4 is 44.8 Å². The number of carbonyl (C=O) groups excluding carboxylic acids is 1. The highest BCUT2D eigenvalue weighted by molar-refractivity contribution is 7.93. The molecule has 0 aromatic heterocycles. The molecule has 3 aromatic carbocycles. The molecule has 0 saturated carbocycles. The first-order valence-electron chi connectivity index (χ1n) is 10.1. The predicted molar refractivity (Wildman–Crippen MR) is 132 cm³/mol. The van der Waals surface area contributed by atoms with Gasteiger partial charge in [-0.15, -0.1) is 0 Å². The first-order valence-corrected chi connectivity index (χ1v) is 12.3. The van der Waals surface area contributed by atoms with E-state index in [1.165, 1.54) is 31.4 Å². The molecule has 0 aliphatic heterocycles. The van der Waals surface area contributed by atoms with Crippen molar-refractivity contribution < 1.29 is 17.9 Å². The molecule has 33 heavy (non-hydrogen) atoms. The Balaban J connectivity index is 2.00. The number of aryl methyl sites for hydroxylation is 1. The maximum Gasteiger partial charge on any atom is 0.268 e. The second-order valence-corrected chi connectivity index (χ2v) is 10.1. The van der Waals surface area contributed by atoms with E-state index in [9.17, 15) is 13.2 Å². The van der Waals surface area contributed by atoms with Gasteiger partial charge in [0.1, 0.15) is 17.2 Å². The summed E-state index contributed by atoms with van der Waals surface area (Å²) in [6, 6.07) is 18.3. The minimum Gasteiger partial charge on any atom is -0.495 e. The van der Waals surface area contributed by atoms with E-state index in [1.54, 1.807) is 19.1 Å². The molecule has 3 aromatic rings. The highest BCUT2D eigenvalue weighted by Crippen LogP contribution is 2.33. The maximum atomic E-state index is 13.7. The molecule has 3 rings (SSSR count). The fourth-order valence-electron chi connectivity index (χ4n) is 3.30. The Kier molecular flexibility index (Phi) is 7.89. The van der Waals surface area contributed by atoms with Crippen molar-refractivity contribution in [1.29, 1.82) is 0 Å². The highest BCUT2D eigenvalue weighted by Gasteiger charge is 2.31. The van der Waals surface area contributed by atoms with Crippen LogP contribution in [-0.4, -0.2) is 28.0 Å². The minimum absolute atomic E-state index is 0.0556. The molecule has 1 N–H and O–H groups in total. The van der Waals surface area contributed by atoms with Crippen LogP contribution in [-0.2, 0) is 14.8 Å². The molecule has 174 valence electrons. The predicted octanol–water partition coefficient (Wildman–Crippen LogP) is 5.38. The number of nitrogens with one attached hydrogen (secondary N) is 1. The van der Waals surface area contributed by atoms with Crippen LogP contribution in [0.4, 0.5) is 5.69 Å². The molecule has 0 saturated heterocycles. The zero-order chi connectivity index (χ0) is 24.2. The summed E-state index contributed by atoms with van der Waals surface area (Å²) in [5, 5.41) is 3.29. The number of halogens is 2. The van der Waals surface area contributed by atoms with E-state index in [2.05, 4.69) is 5.32 Å². The van der Waals surface area contributed by atoms with Crippen LogP contribution >= 0.6 is 23.2 Å². The molecule has 0 fully saturated rings. The molecule has 0 aliphatic carbocycles. The lowest BCUT2D eigenvalue weighted by Crippen LogP contribution is -2.41. The van der Waals surface area contributed by atoms with Crippen LogP contribution in [0.2, 0.25) is 10.0 Å². The summed E-state index contributed by atoms with van der Waals surface area (Å²) < 4.78 is 33.8.